The maximum absolute atomic E-state index is 12.1. The smallest absolute Gasteiger partial charge is 0.305 e. The fraction of sp³-hybridized carbons (Fsp3) is 0.353. The number of nitrogens with one attached hydrogen (secondary N) is 2. The van der Waals surface area contributed by atoms with Crippen molar-refractivity contribution < 1.29 is 14.7 Å². The molecule has 0 heterocycles. The molecule has 1 aromatic rings. The number of carboxylic acid groups (broad SMARTS) is 1. The monoisotopic (exact) mass is 315 g/mol. The van der Waals surface area contributed by atoms with Gasteiger partial charge in [-0.1, -0.05) is 31.2 Å². The number of nitriles is 1. The summed E-state index contributed by atoms with van der Waals surface area (Å²) in [5, 5.41) is 22.9. The van der Waals surface area contributed by atoms with E-state index in [-0.39, 0.29) is 24.6 Å². The van der Waals surface area contributed by atoms with E-state index in [1.54, 1.807) is 6.07 Å². The molecule has 1 atom stereocenters. The molecule has 1 unspecified atom stereocenters. The maximum Gasteiger partial charge on any atom is 0.305 e. The summed E-state index contributed by atoms with van der Waals surface area (Å²) >= 11 is 0. The van der Waals surface area contributed by atoms with Crippen LogP contribution in [0.4, 0.5) is 0 Å². The topological polar surface area (TPSA) is 102 Å². The van der Waals surface area contributed by atoms with Crippen molar-refractivity contribution in [3.63, 3.8) is 0 Å². The highest BCUT2D eigenvalue weighted by molar-refractivity contribution is 5.97. The van der Waals surface area contributed by atoms with Gasteiger partial charge >= 0.3 is 5.97 Å². The first-order valence-corrected chi connectivity index (χ1v) is 7.43. The number of hydrogen-bond acceptors (Lipinski definition) is 4. The van der Waals surface area contributed by atoms with Crippen molar-refractivity contribution >= 4 is 11.9 Å². The summed E-state index contributed by atoms with van der Waals surface area (Å²) in [4.78, 5) is 22.4. The second-order valence-corrected chi connectivity index (χ2v) is 5.06. The van der Waals surface area contributed by atoms with Crippen LogP contribution in [-0.4, -0.2) is 23.5 Å². The number of carbonyl (C=O) groups is 2. The van der Waals surface area contributed by atoms with Crippen LogP contribution in [-0.2, 0) is 16.0 Å². The van der Waals surface area contributed by atoms with Gasteiger partial charge in [0.15, 0.2) is 0 Å². The number of hydrogen-bond donors (Lipinski definition) is 3. The lowest BCUT2D eigenvalue weighted by Gasteiger charge is -2.14. The van der Waals surface area contributed by atoms with E-state index >= 15 is 0 Å². The molecule has 1 amide bonds. The van der Waals surface area contributed by atoms with Crippen molar-refractivity contribution in [3.8, 4) is 6.07 Å². The fourth-order valence-corrected chi connectivity index (χ4v) is 1.90. The van der Waals surface area contributed by atoms with Gasteiger partial charge in [0.2, 0.25) is 0 Å². The Hall–Kier alpha value is -2.81. The molecule has 0 aromatic heterocycles. The number of carbonyl (C=O) groups excluding carboxylic acids is 1. The highest BCUT2D eigenvalue weighted by atomic mass is 16.4. The Kier molecular flexibility index (Phi) is 7.34. The Morgan fingerprint density at radius 1 is 1.35 bits per heavy atom. The van der Waals surface area contributed by atoms with Crippen LogP contribution in [0.25, 0.3) is 0 Å². The number of carboxylic acids is 1. The van der Waals surface area contributed by atoms with Gasteiger partial charge in [-0.15, -0.1) is 0 Å². The number of amides is 1. The fourth-order valence-electron chi connectivity index (χ4n) is 1.90. The lowest BCUT2D eigenvalue weighted by atomic mass is 10.0. The van der Waals surface area contributed by atoms with Gasteiger partial charge in [0.1, 0.15) is 11.6 Å². The molecule has 3 N–H and O–H groups in total. The van der Waals surface area contributed by atoms with Crippen LogP contribution in [0, 0.1) is 11.3 Å². The molecule has 0 aliphatic heterocycles. The average Bonchev–Trinajstić information content (AvgIpc) is 2.54. The molecule has 0 saturated carbocycles. The largest absolute Gasteiger partial charge is 0.481 e. The average molecular weight is 315 g/mol. The van der Waals surface area contributed by atoms with Gasteiger partial charge in [-0.25, -0.2) is 0 Å². The van der Waals surface area contributed by atoms with Crippen molar-refractivity contribution in [3.05, 3.63) is 47.2 Å². The Morgan fingerprint density at radius 3 is 2.52 bits per heavy atom. The Balaban J connectivity index is 2.62. The first kappa shape index (κ1) is 18.2. The number of rotatable bonds is 8. The third kappa shape index (κ3) is 6.22. The number of aliphatic carboxylic acids is 1. The molecular formula is C17H21N3O3. The minimum Gasteiger partial charge on any atom is -0.481 e. The molecule has 0 spiro atoms. The third-order valence-corrected chi connectivity index (χ3v) is 3.33. The lowest BCUT2D eigenvalue weighted by molar-refractivity contribution is -0.136. The zero-order valence-corrected chi connectivity index (χ0v) is 13.3. The molecule has 0 bridgehead atoms. The van der Waals surface area contributed by atoms with E-state index in [1.807, 2.05) is 31.2 Å². The van der Waals surface area contributed by atoms with Crippen LogP contribution in [0.15, 0.2) is 36.0 Å². The predicted octanol–water partition coefficient (Wildman–Crippen LogP) is 1.90. The van der Waals surface area contributed by atoms with Gasteiger partial charge in [-0.05, 0) is 24.5 Å². The van der Waals surface area contributed by atoms with Gasteiger partial charge in [-0.2, -0.15) is 5.26 Å². The van der Waals surface area contributed by atoms with Crippen molar-refractivity contribution in [2.75, 3.05) is 6.54 Å². The molecule has 0 aliphatic carbocycles. The summed E-state index contributed by atoms with van der Waals surface area (Å²) in [6.45, 7) is 4.06. The van der Waals surface area contributed by atoms with Crippen molar-refractivity contribution in [1.29, 1.82) is 5.26 Å². The second kappa shape index (κ2) is 9.26. The van der Waals surface area contributed by atoms with Crippen LogP contribution >= 0.6 is 0 Å². The summed E-state index contributed by atoms with van der Waals surface area (Å²) in [7, 11) is 0. The SMILES string of the molecule is CCc1ccc(C(C)NC(=O)/C(C#N)=C\NCCC(=O)O)cc1. The zero-order chi connectivity index (χ0) is 17.2. The number of aryl methyl sites for hydroxylation is 1. The van der Waals surface area contributed by atoms with Gasteiger partial charge in [0, 0.05) is 12.7 Å². The van der Waals surface area contributed by atoms with E-state index in [4.69, 9.17) is 10.4 Å². The Bertz CT molecular complexity index is 615. The Morgan fingerprint density at radius 2 is 2.00 bits per heavy atom. The van der Waals surface area contributed by atoms with Crippen LogP contribution in [0.5, 0.6) is 0 Å². The quantitative estimate of drug-likeness (QED) is 0.386. The van der Waals surface area contributed by atoms with Gasteiger partial charge < -0.3 is 15.7 Å². The van der Waals surface area contributed by atoms with Crippen LogP contribution < -0.4 is 10.6 Å². The van der Waals surface area contributed by atoms with E-state index in [0.29, 0.717) is 0 Å². The third-order valence-electron chi connectivity index (χ3n) is 3.33. The van der Waals surface area contributed by atoms with E-state index < -0.39 is 11.9 Å². The molecule has 0 fully saturated rings. The standard InChI is InChI=1S/C17H21N3O3/c1-3-13-4-6-14(7-5-13)12(2)20-17(23)15(10-18)11-19-9-8-16(21)22/h4-7,11-12,19H,3,8-9H2,1-2H3,(H,20,23)(H,21,22)/b15-11-. The minimum atomic E-state index is -0.946. The first-order chi connectivity index (χ1) is 11.0. The molecule has 0 saturated heterocycles. The number of nitrogens with zero attached hydrogens (tertiary/aromatic N) is 1. The van der Waals surface area contributed by atoms with Gasteiger partial charge in [0.25, 0.3) is 5.91 Å². The van der Waals surface area contributed by atoms with Crippen molar-refractivity contribution in [2.24, 2.45) is 0 Å². The van der Waals surface area contributed by atoms with E-state index in [2.05, 4.69) is 17.6 Å². The molecule has 122 valence electrons. The predicted molar refractivity (Wildman–Crippen MR) is 86.3 cm³/mol. The highest BCUT2D eigenvalue weighted by Gasteiger charge is 2.13. The summed E-state index contributed by atoms with van der Waals surface area (Å²) in [6.07, 6.45) is 2.10. The molecular weight excluding hydrogens is 294 g/mol. The first-order valence-electron chi connectivity index (χ1n) is 7.43. The van der Waals surface area contributed by atoms with Crippen LogP contribution in [0.2, 0.25) is 0 Å². The Labute approximate surface area is 135 Å². The van der Waals surface area contributed by atoms with Crippen molar-refractivity contribution in [2.45, 2.75) is 32.7 Å². The van der Waals surface area contributed by atoms with E-state index in [1.165, 1.54) is 11.8 Å². The number of benzene rings is 1. The lowest BCUT2D eigenvalue weighted by Crippen LogP contribution is -2.28. The highest BCUT2D eigenvalue weighted by Crippen LogP contribution is 2.14. The summed E-state index contributed by atoms with van der Waals surface area (Å²) in [5.74, 6) is -1.44. The molecule has 6 heteroatoms. The van der Waals surface area contributed by atoms with E-state index in [9.17, 15) is 9.59 Å². The van der Waals surface area contributed by atoms with Crippen molar-refractivity contribution in [1.82, 2.24) is 10.6 Å². The van der Waals surface area contributed by atoms with Gasteiger partial charge in [-0.3, -0.25) is 9.59 Å². The summed E-state index contributed by atoms with van der Waals surface area (Å²) in [5.41, 5.74) is 2.08. The molecule has 0 radical (unpaired) electrons. The molecule has 1 aromatic carbocycles. The maximum atomic E-state index is 12.1. The zero-order valence-electron chi connectivity index (χ0n) is 13.3. The van der Waals surface area contributed by atoms with E-state index in [0.717, 1.165) is 12.0 Å². The van der Waals surface area contributed by atoms with Crippen LogP contribution in [0.1, 0.15) is 37.4 Å². The normalized spacial score (nSPS) is 12.1. The summed E-state index contributed by atoms with van der Waals surface area (Å²) < 4.78 is 0. The molecule has 1 rings (SSSR count). The second-order valence-electron chi connectivity index (χ2n) is 5.06. The van der Waals surface area contributed by atoms with Crippen LogP contribution in [0.3, 0.4) is 0 Å². The molecule has 23 heavy (non-hydrogen) atoms. The molecule has 0 aliphatic rings. The van der Waals surface area contributed by atoms with Gasteiger partial charge in [0.05, 0.1) is 12.5 Å². The summed E-state index contributed by atoms with van der Waals surface area (Å²) in [6, 6.07) is 9.48. The minimum absolute atomic E-state index is 0.0863. The molecule has 6 nitrogen and oxygen atoms in total.